The van der Waals surface area contributed by atoms with Crippen LogP contribution >= 0.6 is 0 Å². The molecule has 0 radical (unpaired) electrons. The second-order valence-electron chi connectivity index (χ2n) is 11.9. The summed E-state index contributed by atoms with van der Waals surface area (Å²) in [6, 6.07) is 29.9. The number of hydrogen-bond acceptors (Lipinski definition) is 6. The monoisotopic (exact) mass is 564 g/mol. The fraction of sp³-hybridized carbons (Fsp3) is 0.455. The van der Waals surface area contributed by atoms with Crippen molar-refractivity contribution in [1.82, 2.24) is 0 Å². The normalized spacial score (nSPS) is 23.7. The molecule has 4 rings (SSSR count). The molecule has 40 heavy (non-hydrogen) atoms. The summed E-state index contributed by atoms with van der Waals surface area (Å²) in [4.78, 5) is 0. The summed E-state index contributed by atoms with van der Waals surface area (Å²) < 4.78 is 32.2. The molecule has 3 aromatic carbocycles. The Morgan fingerprint density at radius 3 is 1.48 bits per heavy atom. The minimum absolute atomic E-state index is 0.0330. The fourth-order valence-corrected chi connectivity index (χ4v) is 5.42. The zero-order chi connectivity index (χ0) is 28.6. The number of rotatable bonds is 12. The van der Waals surface area contributed by atoms with Crippen LogP contribution in [0.4, 0.5) is 0 Å². The first kappa shape index (κ1) is 30.6. The van der Waals surface area contributed by atoms with E-state index in [4.69, 9.17) is 23.4 Å². The molecule has 0 bridgehead atoms. The first-order valence-corrected chi connectivity index (χ1v) is 17.0. The van der Waals surface area contributed by atoms with Gasteiger partial charge in [-0.25, -0.2) is 0 Å². The lowest BCUT2D eigenvalue weighted by Gasteiger charge is -2.46. The van der Waals surface area contributed by atoms with E-state index in [1.807, 2.05) is 91.0 Å². The summed E-state index contributed by atoms with van der Waals surface area (Å²) in [7, 11) is -2.09. The van der Waals surface area contributed by atoms with Gasteiger partial charge in [0.25, 0.3) is 0 Å². The van der Waals surface area contributed by atoms with E-state index >= 15 is 0 Å². The molecule has 0 amide bonds. The third-order valence-corrected chi connectivity index (χ3v) is 12.4. The molecule has 5 atom stereocenters. The van der Waals surface area contributed by atoms with E-state index in [0.717, 1.165) is 16.7 Å². The van der Waals surface area contributed by atoms with Crippen LogP contribution in [0, 0.1) is 0 Å². The Balaban J connectivity index is 1.60. The Labute approximate surface area is 240 Å². The zero-order valence-electron chi connectivity index (χ0n) is 24.4. The molecule has 0 aromatic heterocycles. The average molecular weight is 565 g/mol. The highest BCUT2D eigenvalue weighted by molar-refractivity contribution is 6.74. The van der Waals surface area contributed by atoms with Crippen LogP contribution in [-0.4, -0.2) is 50.7 Å². The van der Waals surface area contributed by atoms with Gasteiger partial charge in [-0.15, -0.1) is 0 Å². The fourth-order valence-electron chi connectivity index (χ4n) is 4.40. The first-order chi connectivity index (χ1) is 19.1. The summed E-state index contributed by atoms with van der Waals surface area (Å²) in [6.45, 7) is 12.4. The number of ether oxygens (including phenoxy) is 4. The summed E-state index contributed by atoms with van der Waals surface area (Å²) in [6.07, 6.45) is -3.62. The molecule has 7 heteroatoms. The third kappa shape index (κ3) is 8.33. The maximum atomic E-state index is 11.3. The predicted octanol–water partition coefficient (Wildman–Crippen LogP) is 6.48. The molecular weight excluding hydrogens is 520 g/mol. The van der Waals surface area contributed by atoms with Crippen LogP contribution in [0.3, 0.4) is 0 Å². The Hall–Kier alpha value is -2.36. The van der Waals surface area contributed by atoms with Gasteiger partial charge in [0.15, 0.2) is 14.6 Å². The molecule has 0 saturated carbocycles. The molecule has 216 valence electrons. The van der Waals surface area contributed by atoms with Crippen LogP contribution < -0.4 is 0 Å². The van der Waals surface area contributed by atoms with Crippen LogP contribution in [0.1, 0.15) is 37.5 Å². The Morgan fingerprint density at radius 1 is 0.650 bits per heavy atom. The molecular formula is C33H44O6Si. The molecule has 6 nitrogen and oxygen atoms in total. The van der Waals surface area contributed by atoms with Gasteiger partial charge in [-0.3, -0.25) is 0 Å². The molecule has 0 aliphatic carbocycles. The molecule has 3 aromatic rings. The zero-order valence-corrected chi connectivity index (χ0v) is 25.4. The van der Waals surface area contributed by atoms with Crippen LogP contribution in [0.25, 0.3) is 0 Å². The smallest absolute Gasteiger partial charge is 0.192 e. The maximum Gasteiger partial charge on any atom is 0.192 e. The highest BCUT2D eigenvalue weighted by Gasteiger charge is 2.49. The van der Waals surface area contributed by atoms with Gasteiger partial charge >= 0.3 is 0 Å². The molecule has 1 heterocycles. The van der Waals surface area contributed by atoms with Gasteiger partial charge in [0.1, 0.15) is 24.4 Å². The van der Waals surface area contributed by atoms with E-state index in [2.05, 4.69) is 33.9 Å². The minimum atomic E-state index is -2.09. The van der Waals surface area contributed by atoms with Gasteiger partial charge in [0.05, 0.1) is 26.4 Å². The second-order valence-corrected chi connectivity index (χ2v) is 16.7. The van der Waals surface area contributed by atoms with E-state index in [-0.39, 0.29) is 5.04 Å². The predicted molar refractivity (Wildman–Crippen MR) is 159 cm³/mol. The number of hydrogen-bond donors (Lipinski definition) is 1. The van der Waals surface area contributed by atoms with E-state index in [9.17, 15) is 5.11 Å². The molecule has 0 spiro atoms. The van der Waals surface area contributed by atoms with Crippen molar-refractivity contribution in [1.29, 1.82) is 0 Å². The lowest BCUT2D eigenvalue weighted by atomic mass is 9.98. The lowest BCUT2D eigenvalue weighted by Crippen LogP contribution is -2.61. The van der Waals surface area contributed by atoms with Crippen molar-refractivity contribution in [2.45, 2.75) is 89.4 Å². The molecule has 1 N–H and O–H groups in total. The standard InChI is InChI=1S/C33H44O6Si/c1-33(2,3)40(4,5)38-24-28-29(35-21-25-15-9-6-10-16-25)30(36-22-26-17-11-7-12-18-26)31(32(34)39-28)37-23-27-19-13-8-14-20-27/h6-20,28-32,34H,21-24H2,1-5H3/t28-,29-,30-,31+,32+/m1/s1. The van der Waals surface area contributed by atoms with Gasteiger partial charge in [-0.1, -0.05) is 112 Å². The van der Waals surface area contributed by atoms with Crippen molar-refractivity contribution in [2.75, 3.05) is 6.61 Å². The van der Waals surface area contributed by atoms with Crippen LogP contribution in [0.2, 0.25) is 18.1 Å². The molecule has 1 saturated heterocycles. The Morgan fingerprint density at radius 2 is 1.05 bits per heavy atom. The van der Waals surface area contributed by atoms with Crippen LogP contribution in [0.15, 0.2) is 91.0 Å². The lowest BCUT2D eigenvalue weighted by molar-refractivity contribution is -0.314. The molecule has 1 aliphatic rings. The van der Waals surface area contributed by atoms with Gasteiger partial charge < -0.3 is 28.5 Å². The topological polar surface area (TPSA) is 66.4 Å². The van der Waals surface area contributed by atoms with Gasteiger partial charge in [0.2, 0.25) is 0 Å². The van der Waals surface area contributed by atoms with Crippen molar-refractivity contribution in [2.24, 2.45) is 0 Å². The maximum absolute atomic E-state index is 11.3. The quantitative estimate of drug-likeness (QED) is 0.254. The highest BCUT2D eigenvalue weighted by atomic mass is 28.4. The number of aliphatic hydroxyl groups is 1. The SMILES string of the molecule is CC(C)(C)[Si](C)(C)OC[C@H]1O[C@H](O)[C@@H](OCc2ccccc2)[C@H](OCc2ccccc2)[C@@H]1OCc1ccccc1. The average Bonchev–Trinajstić information content (AvgIpc) is 2.95. The van der Waals surface area contributed by atoms with Crippen molar-refractivity contribution in [3.8, 4) is 0 Å². The summed E-state index contributed by atoms with van der Waals surface area (Å²) in [5.74, 6) is 0. The van der Waals surface area contributed by atoms with E-state index < -0.39 is 39.0 Å². The number of benzene rings is 3. The third-order valence-electron chi connectivity index (χ3n) is 7.88. The molecule has 1 fully saturated rings. The van der Waals surface area contributed by atoms with Gasteiger partial charge in [-0.05, 0) is 34.8 Å². The second kappa shape index (κ2) is 14.0. The first-order valence-electron chi connectivity index (χ1n) is 14.1. The summed E-state index contributed by atoms with van der Waals surface area (Å²) in [5, 5.41) is 11.3. The Kier molecular flexibility index (Phi) is 10.7. The van der Waals surface area contributed by atoms with E-state index in [1.165, 1.54) is 0 Å². The van der Waals surface area contributed by atoms with Crippen LogP contribution in [0.5, 0.6) is 0 Å². The van der Waals surface area contributed by atoms with Gasteiger partial charge in [0, 0.05) is 0 Å². The van der Waals surface area contributed by atoms with Gasteiger partial charge in [-0.2, -0.15) is 0 Å². The summed E-state index contributed by atoms with van der Waals surface area (Å²) in [5.41, 5.74) is 3.07. The van der Waals surface area contributed by atoms with E-state index in [1.54, 1.807) is 0 Å². The minimum Gasteiger partial charge on any atom is -0.414 e. The number of aliphatic hydroxyl groups excluding tert-OH is 1. The van der Waals surface area contributed by atoms with Crippen molar-refractivity contribution in [3.63, 3.8) is 0 Å². The summed E-state index contributed by atoms with van der Waals surface area (Å²) >= 11 is 0. The van der Waals surface area contributed by atoms with Crippen LogP contribution in [-0.2, 0) is 43.2 Å². The van der Waals surface area contributed by atoms with Crippen molar-refractivity contribution in [3.05, 3.63) is 108 Å². The molecule has 1 aliphatic heterocycles. The largest absolute Gasteiger partial charge is 0.414 e. The molecule has 0 unspecified atom stereocenters. The van der Waals surface area contributed by atoms with Crippen molar-refractivity contribution >= 4 is 8.32 Å². The Bertz CT molecular complexity index is 1140. The highest BCUT2D eigenvalue weighted by Crippen LogP contribution is 2.38. The van der Waals surface area contributed by atoms with E-state index in [0.29, 0.717) is 26.4 Å². The van der Waals surface area contributed by atoms with Crippen molar-refractivity contribution < 1.29 is 28.5 Å².